The maximum absolute atomic E-state index is 12.5. The van der Waals surface area contributed by atoms with Gasteiger partial charge in [0.2, 0.25) is 17.8 Å². The summed E-state index contributed by atoms with van der Waals surface area (Å²) in [5.74, 6) is -0.0933. The van der Waals surface area contributed by atoms with Crippen molar-refractivity contribution < 1.29 is 14.5 Å². The van der Waals surface area contributed by atoms with Crippen molar-refractivity contribution in [1.82, 2.24) is 14.8 Å². The Morgan fingerprint density at radius 3 is 2.88 bits per heavy atom. The number of carbonyl (C=O) groups is 2. The van der Waals surface area contributed by atoms with Gasteiger partial charge in [-0.2, -0.15) is 10.1 Å². The molecular formula is C14H14N6O4. The highest BCUT2D eigenvalue weighted by Gasteiger charge is 2.32. The first-order chi connectivity index (χ1) is 11.3. The van der Waals surface area contributed by atoms with Gasteiger partial charge >= 0.3 is 0 Å². The number of nitrogens with one attached hydrogen (secondary N) is 2. The standard InChI is InChI=1S/C14H14N6O4/c1-7-5-9(20(23)24)3-4-10(7)16-13(22)11-6-12(21)17-14-15-8(2)18-19(11)14/h3-5,11H,6H2,1-2H3,(H,16,22)(H,15,17,18,21)/t11-/m1/s1. The molecule has 1 aromatic carbocycles. The number of nitrogens with zero attached hydrogens (tertiary/aromatic N) is 4. The zero-order valence-corrected chi connectivity index (χ0v) is 12.9. The van der Waals surface area contributed by atoms with Gasteiger partial charge in [-0.25, -0.2) is 4.68 Å². The highest BCUT2D eigenvalue weighted by molar-refractivity contribution is 6.01. The van der Waals surface area contributed by atoms with E-state index in [4.69, 9.17) is 0 Å². The van der Waals surface area contributed by atoms with Crippen molar-refractivity contribution in [2.45, 2.75) is 26.3 Å². The molecule has 2 N–H and O–H groups in total. The number of hydrogen-bond donors (Lipinski definition) is 2. The van der Waals surface area contributed by atoms with Crippen molar-refractivity contribution in [2.75, 3.05) is 10.6 Å². The zero-order chi connectivity index (χ0) is 17.4. The molecule has 2 heterocycles. The number of anilines is 2. The molecule has 0 unspecified atom stereocenters. The van der Waals surface area contributed by atoms with E-state index in [1.54, 1.807) is 13.8 Å². The third kappa shape index (κ3) is 2.81. The molecule has 0 spiro atoms. The van der Waals surface area contributed by atoms with Crippen LogP contribution in [0.4, 0.5) is 17.3 Å². The molecule has 1 aliphatic heterocycles. The van der Waals surface area contributed by atoms with Crippen molar-refractivity contribution >= 4 is 29.1 Å². The predicted molar refractivity (Wildman–Crippen MR) is 83.5 cm³/mol. The summed E-state index contributed by atoms with van der Waals surface area (Å²) in [6.07, 6.45) is -0.0618. The number of rotatable bonds is 3. The first kappa shape index (κ1) is 15.6. The third-order valence-corrected chi connectivity index (χ3v) is 3.64. The van der Waals surface area contributed by atoms with Gasteiger partial charge < -0.3 is 5.32 Å². The first-order valence-electron chi connectivity index (χ1n) is 7.14. The van der Waals surface area contributed by atoms with E-state index in [9.17, 15) is 19.7 Å². The van der Waals surface area contributed by atoms with Crippen LogP contribution in [0, 0.1) is 24.0 Å². The number of hydrogen-bond acceptors (Lipinski definition) is 6. The van der Waals surface area contributed by atoms with Gasteiger partial charge in [0, 0.05) is 17.8 Å². The summed E-state index contributed by atoms with van der Waals surface area (Å²) in [6.45, 7) is 3.31. The minimum atomic E-state index is -0.829. The monoisotopic (exact) mass is 330 g/mol. The summed E-state index contributed by atoms with van der Waals surface area (Å²) >= 11 is 0. The summed E-state index contributed by atoms with van der Waals surface area (Å²) in [7, 11) is 0. The molecular weight excluding hydrogens is 316 g/mol. The number of amides is 2. The predicted octanol–water partition coefficient (Wildman–Crippen LogP) is 1.33. The van der Waals surface area contributed by atoms with Crippen LogP contribution in [0.2, 0.25) is 0 Å². The fourth-order valence-electron chi connectivity index (χ4n) is 2.49. The lowest BCUT2D eigenvalue weighted by Crippen LogP contribution is -2.36. The zero-order valence-electron chi connectivity index (χ0n) is 12.9. The number of carbonyl (C=O) groups excluding carboxylic acids is 2. The smallest absolute Gasteiger partial charge is 0.269 e. The van der Waals surface area contributed by atoms with Crippen LogP contribution in [0.5, 0.6) is 0 Å². The highest BCUT2D eigenvalue weighted by Crippen LogP contribution is 2.26. The van der Waals surface area contributed by atoms with Crippen LogP contribution in [0.25, 0.3) is 0 Å². The van der Waals surface area contributed by atoms with Crippen LogP contribution in [0.1, 0.15) is 23.9 Å². The number of fused-ring (bicyclic) bond motifs is 1. The maximum Gasteiger partial charge on any atom is 0.269 e. The van der Waals surface area contributed by atoms with Crippen molar-refractivity contribution in [3.63, 3.8) is 0 Å². The molecule has 1 aromatic heterocycles. The number of non-ortho nitro benzene ring substituents is 1. The molecule has 10 heteroatoms. The Morgan fingerprint density at radius 1 is 1.46 bits per heavy atom. The molecule has 0 bridgehead atoms. The van der Waals surface area contributed by atoms with Gasteiger partial charge in [-0.3, -0.25) is 25.0 Å². The molecule has 3 rings (SSSR count). The second kappa shape index (κ2) is 5.72. The Hall–Kier alpha value is -3.30. The molecule has 1 aliphatic rings. The van der Waals surface area contributed by atoms with E-state index in [0.717, 1.165) is 0 Å². The number of aryl methyl sites for hydroxylation is 2. The maximum atomic E-state index is 12.5. The second-order valence-electron chi connectivity index (χ2n) is 5.44. The van der Waals surface area contributed by atoms with Crippen LogP contribution >= 0.6 is 0 Å². The molecule has 0 saturated carbocycles. The largest absolute Gasteiger partial charge is 0.324 e. The Kier molecular flexibility index (Phi) is 3.72. The third-order valence-electron chi connectivity index (χ3n) is 3.64. The van der Waals surface area contributed by atoms with Crippen molar-refractivity contribution in [3.8, 4) is 0 Å². The number of nitro groups is 1. The van der Waals surface area contributed by atoms with Crippen LogP contribution in [0.15, 0.2) is 18.2 Å². The Bertz CT molecular complexity index is 859. The summed E-state index contributed by atoms with van der Waals surface area (Å²) < 4.78 is 1.37. The molecule has 0 saturated heterocycles. The van der Waals surface area contributed by atoms with E-state index in [0.29, 0.717) is 17.1 Å². The van der Waals surface area contributed by atoms with Crippen LogP contribution in [0.3, 0.4) is 0 Å². The van der Waals surface area contributed by atoms with E-state index in [1.807, 2.05) is 0 Å². The lowest BCUT2D eigenvalue weighted by molar-refractivity contribution is -0.384. The van der Waals surface area contributed by atoms with Gasteiger partial charge in [-0.05, 0) is 25.5 Å². The van der Waals surface area contributed by atoms with E-state index >= 15 is 0 Å². The van der Waals surface area contributed by atoms with Crippen molar-refractivity contribution in [3.05, 3.63) is 39.7 Å². The summed E-state index contributed by atoms with van der Waals surface area (Å²) in [6, 6.07) is 3.31. The van der Waals surface area contributed by atoms with Gasteiger partial charge in [0.1, 0.15) is 11.9 Å². The number of aromatic nitrogens is 3. The Labute approximate surface area is 136 Å². The normalized spacial score (nSPS) is 16.2. The average molecular weight is 330 g/mol. The number of nitro benzene ring substituents is 1. The molecule has 24 heavy (non-hydrogen) atoms. The lowest BCUT2D eigenvalue weighted by atomic mass is 10.1. The quantitative estimate of drug-likeness (QED) is 0.644. The minimum absolute atomic E-state index is 0.0586. The highest BCUT2D eigenvalue weighted by atomic mass is 16.6. The van der Waals surface area contributed by atoms with Gasteiger partial charge in [-0.15, -0.1) is 0 Å². The molecule has 2 aromatic rings. The van der Waals surface area contributed by atoms with E-state index in [1.165, 1.54) is 22.9 Å². The second-order valence-corrected chi connectivity index (χ2v) is 5.44. The topological polar surface area (TPSA) is 132 Å². The summed E-state index contributed by atoms with van der Waals surface area (Å²) in [5.41, 5.74) is 0.930. The molecule has 124 valence electrons. The van der Waals surface area contributed by atoms with Gasteiger partial charge in [0.05, 0.1) is 11.3 Å². The summed E-state index contributed by atoms with van der Waals surface area (Å²) in [5, 5.41) is 20.1. The van der Waals surface area contributed by atoms with Crippen molar-refractivity contribution in [2.24, 2.45) is 0 Å². The van der Waals surface area contributed by atoms with Crippen LogP contribution in [-0.4, -0.2) is 31.5 Å². The molecule has 10 nitrogen and oxygen atoms in total. The van der Waals surface area contributed by atoms with Gasteiger partial charge in [0.15, 0.2) is 0 Å². The molecule has 0 aliphatic carbocycles. The Balaban J connectivity index is 1.85. The van der Waals surface area contributed by atoms with Crippen LogP contribution < -0.4 is 10.6 Å². The first-order valence-corrected chi connectivity index (χ1v) is 7.14. The van der Waals surface area contributed by atoms with E-state index in [2.05, 4.69) is 20.7 Å². The van der Waals surface area contributed by atoms with Gasteiger partial charge in [0.25, 0.3) is 5.69 Å². The fraction of sp³-hybridized carbons (Fsp3) is 0.286. The molecule has 2 amide bonds. The summed E-state index contributed by atoms with van der Waals surface area (Å²) in [4.78, 5) is 38.6. The fourth-order valence-corrected chi connectivity index (χ4v) is 2.49. The lowest BCUT2D eigenvalue weighted by Gasteiger charge is -2.22. The van der Waals surface area contributed by atoms with E-state index < -0.39 is 16.9 Å². The molecule has 0 radical (unpaired) electrons. The van der Waals surface area contributed by atoms with Gasteiger partial charge in [-0.1, -0.05) is 0 Å². The Morgan fingerprint density at radius 2 is 2.21 bits per heavy atom. The SMILES string of the molecule is Cc1nc2n(n1)[C@@H](C(=O)Nc1ccc([N+](=O)[O-])cc1C)CC(=O)N2. The molecule has 1 atom stereocenters. The minimum Gasteiger partial charge on any atom is -0.324 e. The average Bonchev–Trinajstić information content (AvgIpc) is 2.88. The van der Waals surface area contributed by atoms with Crippen molar-refractivity contribution in [1.29, 1.82) is 0 Å². The number of benzene rings is 1. The molecule has 0 fully saturated rings. The van der Waals surface area contributed by atoms with Crippen LogP contribution in [-0.2, 0) is 9.59 Å². The van der Waals surface area contributed by atoms with E-state index in [-0.39, 0.29) is 24.0 Å².